The van der Waals surface area contributed by atoms with Crippen molar-refractivity contribution in [2.24, 2.45) is 0 Å². The number of benzene rings is 1. The topological polar surface area (TPSA) is 57.5 Å². The molecule has 0 bridgehead atoms. The summed E-state index contributed by atoms with van der Waals surface area (Å²) in [5, 5.41) is 17.6. The number of carboxylic acids is 1. The molecule has 0 heterocycles. The quantitative estimate of drug-likeness (QED) is 0.847. The van der Waals surface area contributed by atoms with E-state index >= 15 is 0 Å². The summed E-state index contributed by atoms with van der Waals surface area (Å²) in [4.78, 5) is 10.4. The van der Waals surface area contributed by atoms with E-state index < -0.39 is 18.5 Å². The van der Waals surface area contributed by atoms with Crippen LogP contribution in [0.1, 0.15) is 23.7 Å². The minimum atomic E-state index is -2.73. The van der Waals surface area contributed by atoms with Crippen molar-refractivity contribution in [1.29, 1.82) is 0 Å². The minimum absolute atomic E-state index is 0.0608. The third kappa shape index (κ3) is 2.64. The fourth-order valence-corrected chi connectivity index (χ4v) is 1.26. The summed E-state index contributed by atoms with van der Waals surface area (Å²) < 4.78 is 24.5. The normalized spacial score (nSPS) is 12.9. The van der Waals surface area contributed by atoms with Gasteiger partial charge in [0.1, 0.15) is 0 Å². The van der Waals surface area contributed by atoms with Gasteiger partial charge in [0.15, 0.2) is 6.10 Å². The van der Waals surface area contributed by atoms with Gasteiger partial charge in [0.05, 0.1) is 0 Å². The number of carboxylic acid groups (broad SMARTS) is 1. The first kappa shape index (κ1) is 11.9. The minimum Gasteiger partial charge on any atom is -0.479 e. The fraction of sp³-hybridized carbons (Fsp3) is 0.222. The molecule has 0 saturated carbocycles. The number of aliphatic hydroxyl groups is 1. The van der Waals surface area contributed by atoms with E-state index in [0.717, 1.165) is 18.2 Å². The van der Waals surface area contributed by atoms with Gasteiger partial charge in [-0.2, -0.15) is 0 Å². The van der Waals surface area contributed by atoms with Crippen molar-refractivity contribution >= 4 is 17.6 Å². The van der Waals surface area contributed by atoms with Crippen LogP contribution < -0.4 is 0 Å². The molecule has 0 aliphatic rings. The van der Waals surface area contributed by atoms with E-state index in [2.05, 4.69) is 0 Å². The van der Waals surface area contributed by atoms with Gasteiger partial charge in [0.2, 0.25) is 0 Å². The molecule has 6 heteroatoms. The Morgan fingerprint density at radius 3 is 2.47 bits per heavy atom. The van der Waals surface area contributed by atoms with Gasteiger partial charge >= 0.3 is 5.97 Å². The molecule has 0 aromatic heterocycles. The van der Waals surface area contributed by atoms with Crippen LogP contribution in [-0.2, 0) is 4.79 Å². The molecule has 15 heavy (non-hydrogen) atoms. The highest BCUT2D eigenvalue weighted by Gasteiger charge is 2.20. The monoisotopic (exact) mass is 236 g/mol. The molecular formula is C9H7ClF2O3. The zero-order chi connectivity index (χ0) is 11.6. The Balaban J connectivity index is 3.16. The molecule has 0 aliphatic heterocycles. The van der Waals surface area contributed by atoms with Crippen LogP contribution in [-0.4, -0.2) is 16.2 Å². The second kappa shape index (κ2) is 4.55. The summed E-state index contributed by atoms with van der Waals surface area (Å²) in [6, 6.07) is 3.08. The summed E-state index contributed by atoms with van der Waals surface area (Å²) >= 11 is 5.57. The summed E-state index contributed by atoms with van der Waals surface area (Å²) in [6.45, 7) is 0. The fourth-order valence-electron chi connectivity index (χ4n) is 1.04. The van der Waals surface area contributed by atoms with Crippen LogP contribution >= 0.6 is 11.6 Å². The maximum absolute atomic E-state index is 12.3. The van der Waals surface area contributed by atoms with Crippen LogP contribution in [0.3, 0.4) is 0 Å². The Labute approximate surface area is 88.9 Å². The number of alkyl halides is 2. The molecule has 1 aromatic carbocycles. The van der Waals surface area contributed by atoms with Crippen molar-refractivity contribution in [3.8, 4) is 0 Å². The highest BCUT2D eigenvalue weighted by atomic mass is 35.5. The first-order valence-electron chi connectivity index (χ1n) is 3.92. The molecule has 0 spiro atoms. The van der Waals surface area contributed by atoms with Crippen LogP contribution in [0.2, 0.25) is 5.02 Å². The molecule has 0 radical (unpaired) electrons. The Morgan fingerprint density at radius 1 is 1.40 bits per heavy atom. The molecule has 2 N–H and O–H groups in total. The molecule has 0 fully saturated rings. The number of carbonyl (C=O) groups is 1. The van der Waals surface area contributed by atoms with Crippen molar-refractivity contribution in [3.63, 3.8) is 0 Å². The van der Waals surface area contributed by atoms with Gasteiger partial charge in [-0.25, -0.2) is 13.6 Å². The Bertz CT molecular complexity index is 382. The molecule has 0 amide bonds. The van der Waals surface area contributed by atoms with E-state index in [1.807, 2.05) is 0 Å². The SMILES string of the molecule is O=C(O)C(O)c1cc(C(F)F)ccc1Cl. The smallest absolute Gasteiger partial charge is 0.337 e. The lowest BCUT2D eigenvalue weighted by Crippen LogP contribution is -2.11. The Kier molecular flexibility index (Phi) is 3.60. The molecule has 3 nitrogen and oxygen atoms in total. The van der Waals surface area contributed by atoms with Gasteiger partial charge in [-0.05, 0) is 12.1 Å². The largest absolute Gasteiger partial charge is 0.479 e. The van der Waals surface area contributed by atoms with Crippen LogP contribution in [0.25, 0.3) is 0 Å². The third-order valence-corrected chi connectivity index (χ3v) is 2.14. The van der Waals surface area contributed by atoms with Gasteiger partial charge in [-0.15, -0.1) is 0 Å². The lowest BCUT2D eigenvalue weighted by molar-refractivity contribution is -0.146. The van der Waals surface area contributed by atoms with Gasteiger partial charge in [0, 0.05) is 16.1 Å². The maximum Gasteiger partial charge on any atom is 0.337 e. The average molecular weight is 237 g/mol. The molecule has 0 aliphatic carbocycles. The Morgan fingerprint density at radius 2 is 2.00 bits per heavy atom. The van der Waals surface area contributed by atoms with Gasteiger partial charge in [-0.3, -0.25) is 0 Å². The maximum atomic E-state index is 12.3. The van der Waals surface area contributed by atoms with Crippen LogP contribution in [0, 0.1) is 0 Å². The second-order valence-corrected chi connectivity index (χ2v) is 3.23. The predicted molar refractivity (Wildman–Crippen MR) is 49.0 cm³/mol. The average Bonchev–Trinajstić information content (AvgIpc) is 2.16. The predicted octanol–water partition coefficient (Wildman–Crippen LogP) is 2.40. The third-order valence-electron chi connectivity index (χ3n) is 1.80. The standard InChI is InChI=1S/C9H7ClF2O3/c10-6-2-1-4(8(11)12)3-5(6)7(13)9(14)15/h1-3,7-8,13H,(H,14,15). The second-order valence-electron chi connectivity index (χ2n) is 2.82. The van der Waals surface area contributed by atoms with Crippen LogP contribution in [0.15, 0.2) is 18.2 Å². The van der Waals surface area contributed by atoms with Crippen molar-refractivity contribution in [1.82, 2.24) is 0 Å². The number of aliphatic hydroxyl groups excluding tert-OH is 1. The first-order chi connectivity index (χ1) is 6.93. The summed E-state index contributed by atoms with van der Waals surface area (Å²) in [7, 11) is 0. The summed E-state index contributed by atoms with van der Waals surface area (Å²) in [5.41, 5.74) is -0.614. The van der Waals surface area contributed by atoms with E-state index in [4.69, 9.17) is 21.8 Å². The van der Waals surface area contributed by atoms with Gasteiger partial charge in [-0.1, -0.05) is 17.7 Å². The number of aliphatic carboxylic acids is 1. The molecule has 1 atom stereocenters. The zero-order valence-corrected chi connectivity index (χ0v) is 8.08. The highest BCUT2D eigenvalue weighted by molar-refractivity contribution is 6.31. The van der Waals surface area contributed by atoms with Crippen molar-refractivity contribution in [2.45, 2.75) is 12.5 Å². The number of hydrogen-bond acceptors (Lipinski definition) is 2. The molecule has 0 saturated heterocycles. The van der Waals surface area contributed by atoms with E-state index in [0.29, 0.717) is 0 Å². The number of hydrogen-bond donors (Lipinski definition) is 2. The van der Waals surface area contributed by atoms with E-state index in [1.54, 1.807) is 0 Å². The number of halogens is 3. The molecule has 1 rings (SSSR count). The molecular weight excluding hydrogens is 230 g/mol. The van der Waals surface area contributed by atoms with Gasteiger partial charge < -0.3 is 10.2 Å². The van der Waals surface area contributed by atoms with E-state index in [-0.39, 0.29) is 16.1 Å². The summed E-state index contributed by atoms with van der Waals surface area (Å²) in [6.07, 6.45) is -4.63. The van der Waals surface area contributed by atoms with Crippen molar-refractivity contribution in [3.05, 3.63) is 34.3 Å². The van der Waals surface area contributed by atoms with Crippen LogP contribution in [0.5, 0.6) is 0 Å². The van der Waals surface area contributed by atoms with Gasteiger partial charge in [0.25, 0.3) is 6.43 Å². The van der Waals surface area contributed by atoms with Crippen LogP contribution in [0.4, 0.5) is 8.78 Å². The lowest BCUT2D eigenvalue weighted by Gasteiger charge is -2.09. The zero-order valence-electron chi connectivity index (χ0n) is 7.32. The molecule has 82 valence electrons. The highest BCUT2D eigenvalue weighted by Crippen LogP contribution is 2.28. The Hall–Kier alpha value is -1.20. The lowest BCUT2D eigenvalue weighted by atomic mass is 10.1. The van der Waals surface area contributed by atoms with Crippen molar-refractivity contribution < 1.29 is 23.8 Å². The molecule has 1 aromatic rings. The van der Waals surface area contributed by atoms with E-state index in [1.165, 1.54) is 0 Å². The summed E-state index contributed by atoms with van der Waals surface area (Å²) in [5.74, 6) is -1.54. The van der Waals surface area contributed by atoms with E-state index in [9.17, 15) is 13.6 Å². The number of rotatable bonds is 3. The van der Waals surface area contributed by atoms with Crippen molar-refractivity contribution in [2.75, 3.05) is 0 Å². The molecule has 1 unspecified atom stereocenters. The first-order valence-corrected chi connectivity index (χ1v) is 4.29.